The summed E-state index contributed by atoms with van der Waals surface area (Å²) in [7, 11) is 0. The van der Waals surface area contributed by atoms with Gasteiger partial charge >= 0.3 is 0 Å². The largest absolute Gasteiger partial charge is 0.0804 e. The van der Waals surface area contributed by atoms with E-state index in [4.69, 9.17) is 0 Å². The van der Waals surface area contributed by atoms with E-state index in [2.05, 4.69) is 37.3 Å². The highest BCUT2D eigenvalue weighted by atomic mass is 14.4. The van der Waals surface area contributed by atoms with E-state index in [1.807, 2.05) is 0 Å². The molecule has 0 saturated carbocycles. The van der Waals surface area contributed by atoms with Crippen LogP contribution in [0.2, 0.25) is 0 Å². The minimum Gasteiger partial charge on any atom is -0.0804 e. The molecule has 1 aromatic carbocycles. The molecular weight excluding hydrogens is 216 g/mol. The minimum absolute atomic E-state index is 0.505. The highest BCUT2D eigenvalue weighted by Gasteiger charge is 2.39. The Morgan fingerprint density at radius 2 is 1.83 bits per heavy atom. The van der Waals surface area contributed by atoms with E-state index < -0.39 is 0 Å². The summed E-state index contributed by atoms with van der Waals surface area (Å²) >= 11 is 0. The molecule has 0 N–H and O–H groups in total. The van der Waals surface area contributed by atoms with Crippen LogP contribution < -0.4 is 0 Å². The van der Waals surface area contributed by atoms with Crippen molar-refractivity contribution in [2.75, 3.05) is 0 Å². The average Bonchev–Trinajstić information content (AvgIpc) is 2.80. The second-order valence-corrected chi connectivity index (χ2v) is 6.33. The first-order valence-electron chi connectivity index (χ1n) is 7.29. The second kappa shape index (κ2) is 3.60. The van der Waals surface area contributed by atoms with Gasteiger partial charge in [-0.05, 0) is 71.8 Å². The van der Waals surface area contributed by atoms with Gasteiger partial charge in [-0.2, -0.15) is 0 Å². The van der Waals surface area contributed by atoms with Gasteiger partial charge in [0.25, 0.3) is 0 Å². The summed E-state index contributed by atoms with van der Waals surface area (Å²) in [6.45, 7) is 2.48. The van der Waals surface area contributed by atoms with Crippen molar-refractivity contribution in [3.05, 3.63) is 52.6 Å². The van der Waals surface area contributed by atoms with Crippen molar-refractivity contribution in [3.8, 4) is 0 Å². The molecule has 1 aromatic rings. The summed E-state index contributed by atoms with van der Waals surface area (Å²) in [6.07, 6.45) is 10.4. The van der Waals surface area contributed by atoms with Crippen molar-refractivity contribution in [2.24, 2.45) is 5.41 Å². The Morgan fingerprint density at radius 3 is 2.78 bits per heavy atom. The quantitative estimate of drug-likeness (QED) is 0.600. The van der Waals surface area contributed by atoms with E-state index in [1.165, 1.54) is 38.5 Å². The van der Waals surface area contributed by atoms with Crippen LogP contribution in [0, 0.1) is 5.41 Å². The average molecular weight is 236 g/mol. The molecule has 3 aliphatic carbocycles. The van der Waals surface area contributed by atoms with Gasteiger partial charge in [0.15, 0.2) is 0 Å². The van der Waals surface area contributed by atoms with E-state index >= 15 is 0 Å². The number of hydrogen-bond acceptors (Lipinski definition) is 0. The van der Waals surface area contributed by atoms with Crippen LogP contribution in [0.25, 0.3) is 5.57 Å². The summed E-state index contributed by atoms with van der Waals surface area (Å²) < 4.78 is 0. The van der Waals surface area contributed by atoms with Gasteiger partial charge in [0.1, 0.15) is 0 Å². The maximum atomic E-state index is 2.53. The lowest BCUT2D eigenvalue weighted by molar-refractivity contribution is 0.359. The van der Waals surface area contributed by atoms with Crippen LogP contribution in [0.3, 0.4) is 0 Å². The lowest BCUT2D eigenvalue weighted by atomic mass is 9.66. The predicted molar refractivity (Wildman–Crippen MR) is 76.3 cm³/mol. The van der Waals surface area contributed by atoms with Crippen LogP contribution >= 0.6 is 0 Å². The normalized spacial score (nSPS) is 29.5. The van der Waals surface area contributed by atoms with Crippen LogP contribution in [0.5, 0.6) is 0 Å². The third kappa shape index (κ3) is 1.32. The molecule has 0 bridgehead atoms. The molecule has 0 saturated heterocycles. The van der Waals surface area contributed by atoms with Gasteiger partial charge < -0.3 is 0 Å². The molecule has 1 atom stereocenters. The SMILES string of the molecule is C[C@@]12CCC=C1C1=C(CC2)c2ccccc2CC1. The number of benzene rings is 1. The van der Waals surface area contributed by atoms with E-state index in [0.717, 1.165) is 0 Å². The fourth-order valence-electron chi connectivity index (χ4n) is 4.25. The van der Waals surface area contributed by atoms with E-state index in [-0.39, 0.29) is 0 Å². The Morgan fingerprint density at radius 1 is 0.944 bits per heavy atom. The molecule has 92 valence electrons. The summed E-state index contributed by atoms with van der Waals surface area (Å²) in [4.78, 5) is 0. The smallest absolute Gasteiger partial charge is 0.00695 e. The lowest BCUT2D eigenvalue weighted by Gasteiger charge is -2.38. The summed E-state index contributed by atoms with van der Waals surface area (Å²) in [5.41, 5.74) is 8.71. The monoisotopic (exact) mass is 236 g/mol. The van der Waals surface area contributed by atoms with Crippen LogP contribution in [0.1, 0.15) is 50.2 Å². The zero-order valence-corrected chi connectivity index (χ0v) is 11.1. The Hall–Kier alpha value is -1.30. The summed E-state index contributed by atoms with van der Waals surface area (Å²) in [6, 6.07) is 9.04. The number of fused-ring (bicyclic) bond motifs is 4. The van der Waals surface area contributed by atoms with E-state index in [0.29, 0.717) is 5.41 Å². The second-order valence-electron chi connectivity index (χ2n) is 6.33. The molecule has 0 aliphatic heterocycles. The first-order valence-corrected chi connectivity index (χ1v) is 7.29. The summed E-state index contributed by atoms with van der Waals surface area (Å²) in [5.74, 6) is 0. The first kappa shape index (κ1) is 10.6. The molecule has 0 fully saturated rings. The van der Waals surface area contributed by atoms with Crippen molar-refractivity contribution in [2.45, 2.75) is 45.4 Å². The minimum atomic E-state index is 0.505. The molecular formula is C18H20. The number of rotatable bonds is 0. The Balaban J connectivity index is 1.90. The standard InChI is InChI=1S/C18H20/c1-18-11-4-7-17(18)16-9-8-13-5-2-3-6-14(13)15(16)10-12-18/h2-3,5-7H,4,8-12H2,1H3/t18-/m0/s1. The molecule has 0 nitrogen and oxygen atoms in total. The third-order valence-corrected chi connectivity index (χ3v) is 5.30. The fourth-order valence-corrected chi connectivity index (χ4v) is 4.25. The maximum Gasteiger partial charge on any atom is -0.00695 e. The Bertz CT molecular complexity index is 573. The predicted octanol–water partition coefficient (Wildman–Crippen LogP) is 4.91. The fraction of sp³-hybridized carbons (Fsp3) is 0.444. The van der Waals surface area contributed by atoms with Crippen LogP contribution in [-0.4, -0.2) is 0 Å². The molecule has 0 heteroatoms. The first-order chi connectivity index (χ1) is 8.78. The lowest BCUT2D eigenvalue weighted by Crippen LogP contribution is -2.24. The van der Waals surface area contributed by atoms with Gasteiger partial charge in [-0.1, -0.05) is 37.3 Å². The zero-order chi connectivity index (χ0) is 12.2. The van der Waals surface area contributed by atoms with E-state index in [1.54, 1.807) is 27.8 Å². The van der Waals surface area contributed by atoms with Gasteiger partial charge in [0.2, 0.25) is 0 Å². The van der Waals surface area contributed by atoms with Crippen molar-refractivity contribution in [1.82, 2.24) is 0 Å². The summed E-state index contributed by atoms with van der Waals surface area (Å²) in [5, 5.41) is 0. The van der Waals surface area contributed by atoms with Gasteiger partial charge in [-0.25, -0.2) is 0 Å². The molecule has 0 heterocycles. The van der Waals surface area contributed by atoms with Crippen LogP contribution in [0.4, 0.5) is 0 Å². The number of aryl methyl sites for hydroxylation is 1. The topological polar surface area (TPSA) is 0 Å². The van der Waals surface area contributed by atoms with Gasteiger partial charge in [-0.3, -0.25) is 0 Å². The van der Waals surface area contributed by atoms with Gasteiger partial charge in [0, 0.05) is 0 Å². The maximum absolute atomic E-state index is 2.53. The number of hydrogen-bond donors (Lipinski definition) is 0. The molecule has 18 heavy (non-hydrogen) atoms. The zero-order valence-electron chi connectivity index (χ0n) is 11.1. The van der Waals surface area contributed by atoms with Crippen molar-refractivity contribution >= 4 is 5.57 Å². The highest BCUT2D eigenvalue weighted by molar-refractivity contribution is 5.78. The molecule has 3 aliphatic rings. The third-order valence-electron chi connectivity index (χ3n) is 5.30. The highest BCUT2D eigenvalue weighted by Crippen LogP contribution is 2.55. The van der Waals surface area contributed by atoms with Crippen LogP contribution in [0.15, 0.2) is 41.5 Å². The molecule has 0 unspecified atom stereocenters. The van der Waals surface area contributed by atoms with Crippen LogP contribution in [-0.2, 0) is 6.42 Å². The molecule has 4 rings (SSSR count). The molecule has 0 spiro atoms. The van der Waals surface area contributed by atoms with Crippen molar-refractivity contribution in [3.63, 3.8) is 0 Å². The molecule has 0 amide bonds. The van der Waals surface area contributed by atoms with E-state index in [9.17, 15) is 0 Å². The molecule has 0 radical (unpaired) electrons. The van der Waals surface area contributed by atoms with Crippen molar-refractivity contribution < 1.29 is 0 Å². The number of allylic oxidation sites excluding steroid dienone is 4. The van der Waals surface area contributed by atoms with Gasteiger partial charge in [-0.15, -0.1) is 0 Å². The Kier molecular flexibility index (Phi) is 2.12. The Labute approximate surface area is 109 Å². The van der Waals surface area contributed by atoms with Crippen molar-refractivity contribution in [1.29, 1.82) is 0 Å². The molecule has 0 aromatic heterocycles. The van der Waals surface area contributed by atoms with Gasteiger partial charge in [0.05, 0.1) is 0 Å².